The minimum absolute atomic E-state index is 0.0709. The lowest BCUT2D eigenvalue weighted by Gasteiger charge is -2.25. The molecule has 4 N–H and O–H groups in total. The van der Waals surface area contributed by atoms with E-state index in [-0.39, 0.29) is 33.7 Å². The Morgan fingerprint density at radius 3 is 2.56 bits per heavy atom. The summed E-state index contributed by atoms with van der Waals surface area (Å²) in [6.45, 7) is 0. The van der Waals surface area contributed by atoms with Crippen molar-refractivity contribution < 1.29 is 0 Å². The molecular weight excluding hydrogens is 380 g/mol. The second-order valence-corrected chi connectivity index (χ2v) is 7.63. The van der Waals surface area contributed by atoms with Crippen LogP contribution in [0.25, 0.3) is 10.4 Å². The lowest BCUT2D eigenvalue weighted by molar-refractivity contribution is 0.414. The molecule has 27 heavy (non-hydrogen) atoms. The third-order valence-electron chi connectivity index (χ3n) is 4.56. The third kappa shape index (κ3) is 3.80. The number of hydrogen-bond acceptors (Lipinski definition) is 6. The first-order valence-corrected chi connectivity index (χ1v) is 9.85. The maximum atomic E-state index is 12.8. The van der Waals surface area contributed by atoms with E-state index >= 15 is 0 Å². The first-order valence-electron chi connectivity index (χ1n) is 8.57. The first-order chi connectivity index (χ1) is 13.1. The smallest absolute Gasteiger partial charge is 0.289 e. The van der Waals surface area contributed by atoms with Crippen molar-refractivity contribution in [3.63, 3.8) is 0 Å². The van der Waals surface area contributed by atoms with Gasteiger partial charge in [0.1, 0.15) is 29.1 Å². The molecule has 0 bridgehead atoms. The summed E-state index contributed by atoms with van der Waals surface area (Å²) in [4.78, 5) is 13.5. The number of nitrogens with one attached hydrogen (secondary N) is 2. The van der Waals surface area contributed by atoms with Gasteiger partial charge in [-0.05, 0) is 36.5 Å². The van der Waals surface area contributed by atoms with Crippen LogP contribution < -0.4 is 22.0 Å². The van der Waals surface area contributed by atoms with Gasteiger partial charge in [0.2, 0.25) is 0 Å². The molecule has 1 aliphatic carbocycles. The lowest BCUT2D eigenvalue weighted by Crippen LogP contribution is -2.45. The molecule has 1 aliphatic rings. The van der Waals surface area contributed by atoms with Crippen molar-refractivity contribution in [2.45, 2.75) is 38.1 Å². The van der Waals surface area contributed by atoms with Gasteiger partial charge in [-0.3, -0.25) is 10.2 Å². The van der Waals surface area contributed by atoms with Crippen molar-refractivity contribution in [2.75, 3.05) is 11.2 Å². The second kappa shape index (κ2) is 8.21. The Balaban J connectivity index is 1.99. The number of hydrogen-bond donors (Lipinski definition) is 3. The van der Waals surface area contributed by atoms with Crippen LogP contribution in [0.3, 0.4) is 0 Å². The van der Waals surface area contributed by atoms with Gasteiger partial charge in [-0.2, -0.15) is 15.2 Å². The van der Waals surface area contributed by atoms with Crippen LogP contribution in [-0.4, -0.2) is 15.8 Å². The van der Waals surface area contributed by atoms with Gasteiger partial charge in [0.05, 0.1) is 0 Å². The van der Waals surface area contributed by atoms with E-state index in [0.717, 1.165) is 30.4 Å². The summed E-state index contributed by atoms with van der Waals surface area (Å²) in [5.74, 6) is -0.0716. The molecular formula is C18H18N6OS2. The van der Waals surface area contributed by atoms with Crippen molar-refractivity contribution in [3.05, 3.63) is 39.0 Å². The number of nitrogens with two attached hydrogens (primary N) is 1. The van der Waals surface area contributed by atoms with E-state index in [1.54, 1.807) is 17.5 Å². The predicted molar refractivity (Wildman–Crippen MR) is 110 cm³/mol. The Kier molecular flexibility index (Phi) is 5.75. The molecule has 0 atom stereocenters. The maximum absolute atomic E-state index is 12.8. The number of aromatic nitrogens is 1. The quantitative estimate of drug-likeness (QED) is 0.680. The van der Waals surface area contributed by atoms with E-state index in [1.165, 1.54) is 17.8 Å². The summed E-state index contributed by atoms with van der Waals surface area (Å²) < 4.78 is 0.979. The number of pyridine rings is 1. The number of thiocarbonyl (C=S) groups is 1. The van der Waals surface area contributed by atoms with Crippen molar-refractivity contribution in [1.82, 2.24) is 9.99 Å². The molecule has 1 fully saturated rings. The highest BCUT2D eigenvalue weighted by atomic mass is 32.1. The fraction of sp³-hybridized carbons (Fsp3) is 0.333. The largest absolute Gasteiger partial charge is 0.382 e. The van der Waals surface area contributed by atoms with E-state index in [0.29, 0.717) is 4.88 Å². The molecule has 0 aromatic carbocycles. The molecule has 2 aromatic rings. The summed E-state index contributed by atoms with van der Waals surface area (Å²) >= 11 is 6.64. The Morgan fingerprint density at radius 1 is 1.26 bits per heavy atom. The molecule has 2 aromatic heterocycles. The maximum Gasteiger partial charge on any atom is 0.289 e. The molecule has 0 radical (unpaired) electrons. The minimum Gasteiger partial charge on any atom is -0.382 e. The number of rotatable bonds is 3. The van der Waals surface area contributed by atoms with Crippen molar-refractivity contribution in [3.8, 4) is 22.6 Å². The van der Waals surface area contributed by atoms with Gasteiger partial charge in [-0.25, -0.2) is 0 Å². The molecule has 3 rings (SSSR count). The molecule has 0 amide bonds. The van der Waals surface area contributed by atoms with Crippen LogP contribution in [0, 0.1) is 22.7 Å². The lowest BCUT2D eigenvalue weighted by atomic mass is 9.96. The average Bonchev–Trinajstić information content (AvgIpc) is 3.20. The monoisotopic (exact) mass is 398 g/mol. The van der Waals surface area contributed by atoms with Gasteiger partial charge in [-0.1, -0.05) is 25.3 Å². The van der Waals surface area contributed by atoms with Crippen LogP contribution >= 0.6 is 23.6 Å². The van der Waals surface area contributed by atoms with Crippen LogP contribution in [0.15, 0.2) is 22.3 Å². The van der Waals surface area contributed by atoms with Gasteiger partial charge in [0.25, 0.3) is 5.56 Å². The van der Waals surface area contributed by atoms with E-state index in [9.17, 15) is 15.3 Å². The van der Waals surface area contributed by atoms with Crippen LogP contribution in [-0.2, 0) is 0 Å². The first kappa shape index (κ1) is 18.9. The molecule has 2 heterocycles. The highest BCUT2D eigenvalue weighted by Crippen LogP contribution is 2.32. The summed E-state index contributed by atoms with van der Waals surface area (Å²) in [5.41, 5.74) is 8.40. The molecule has 9 heteroatoms. The number of anilines is 1. The molecule has 0 unspecified atom stereocenters. The topological polar surface area (TPSA) is 120 Å². The third-order valence-corrected chi connectivity index (χ3v) is 5.66. The Labute approximate surface area is 166 Å². The summed E-state index contributed by atoms with van der Waals surface area (Å²) in [7, 11) is 0. The minimum atomic E-state index is -0.634. The van der Waals surface area contributed by atoms with Gasteiger partial charge in [0, 0.05) is 16.5 Å². The second-order valence-electron chi connectivity index (χ2n) is 6.27. The highest BCUT2D eigenvalue weighted by molar-refractivity contribution is 7.80. The highest BCUT2D eigenvalue weighted by Gasteiger charge is 2.23. The van der Waals surface area contributed by atoms with E-state index in [4.69, 9.17) is 18.0 Å². The summed E-state index contributed by atoms with van der Waals surface area (Å²) in [6, 6.07) is 7.70. The Hall–Kier alpha value is -2.88. The predicted octanol–water partition coefficient (Wildman–Crippen LogP) is 2.65. The summed E-state index contributed by atoms with van der Waals surface area (Å²) in [5, 5.41) is 24.4. The number of nitriles is 2. The zero-order chi connectivity index (χ0) is 19.4. The van der Waals surface area contributed by atoms with E-state index in [1.807, 2.05) is 12.1 Å². The number of nitrogens with zero attached hydrogens (tertiary/aromatic N) is 3. The van der Waals surface area contributed by atoms with Crippen molar-refractivity contribution in [2.24, 2.45) is 0 Å². The van der Waals surface area contributed by atoms with E-state index < -0.39 is 5.56 Å². The van der Waals surface area contributed by atoms with Crippen LogP contribution in [0.5, 0.6) is 0 Å². The molecule has 1 saturated carbocycles. The summed E-state index contributed by atoms with van der Waals surface area (Å²) in [6.07, 6.45) is 5.50. The van der Waals surface area contributed by atoms with Crippen molar-refractivity contribution >= 4 is 34.5 Å². The van der Waals surface area contributed by atoms with Gasteiger partial charge in [-0.15, -0.1) is 11.3 Å². The molecule has 0 aliphatic heterocycles. The zero-order valence-corrected chi connectivity index (χ0v) is 16.1. The fourth-order valence-electron chi connectivity index (χ4n) is 3.25. The van der Waals surface area contributed by atoms with Gasteiger partial charge < -0.3 is 11.1 Å². The van der Waals surface area contributed by atoms with Crippen LogP contribution in [0.2, 0.25) is 0 Å². The molecule has 138 valence electrons. The SMILES string of the molecule is N#Cc1c(-c2cccs2)c(C#N)c(=O)n(NC(=S)NC2CCCCC2)c1N. The number of nitrogen functional groups attached to an aromatic ring is 1. The molecule has 0 saturated heterocycles. The van der Waals surface area contributed by atoms with Gasteiger partial charge in [0.15, 0.2) is 5.11 Å². The van der Waals surface area contributed by atoms with Gasteiger partial charge >= 0.3 is 0 Å². The molecule has 0 spiro atoms. The van der Waals surface area contributed by atoms with Crippen molar-refractivity contribution in [1.29, 1.82) is 10.5 Å². The Bertz CT molecular complexity index is 991. The fourth-order valence-corrected chi connectivity index (χ4v) is 4.30. The standard InChI is InChI=1S/C18H18N6OS2/c19-9-12-15(14-7-4-8-27-14)13(10-20)17(25)24(16(12)21)23-18(26)22-11-5-2-1-3-6-11/h4,7-8,11H,1-3,5-6,21H2,(H2,22,23,26). The normalized spacial score (nSPS) is 14.1. The number of thiophene rings is 1. The average molecular weight is 399 g/mol. The zero-order valence-electron chi connectivity index (χ0n) is 14.5. The van der Waals surface area contributed by atoms with Crippen LogP contribution in [0.1, 0.15) is 43.2 Å². The van der Waals surface area contributed by atoms with E-state index in [2.05, 4.69) is 10.7 Å². The Morgan fingerprint density at radius 2 is 1.96 bits per heavy atom. The van der Waals surface area contributed by atoms with Crippen LogP contribution in [0.4, 0.5) is 5.82 Å². The molecule has 7 nitrogen and oxygen atoms in total.